The lowest BCUT2D eigenvalue weighted by molar-refractivity contribution is -0.128. The molecule has 3 saturated carbocycles. The van der Waals surface area contributed by atoms with Gasteiger partial charge in [0.1, 0.15) is 17.3 Å². The highest BCUT2D eigenvalue weighted by atomic mass is 19.1. The topological polar surface area (TPSA) is 79.2 Å². The Balaban J connectivity index is 1.27. The molecule has 1 aromatic carbocycles. The third-order valence-electron chi connectivity index (χ3n) is 11.9. The number of benzene rings is 1. The smallest absolute Gasteiger partial charge is 0.128 e. The minimum atomic E-state index is -0.827. The van der Waals surface area contributed by atoms with Crippen LogP contribution >= 0.6 is 0 Å². The minimum Gasteiger partial charge on any atom is -0.496 e. The number of methoxy groups -OCH3 is 2. The van der Waals surface area contributed by atoms with Crippen LogP contribution in [0.1, 0.15) is 96.6 Å². The Hall–Kier alpha value is -1.63. The molecule has 0 bridgehead atoms. The van der Waals surface area contributed by atoms with E-state index < -0.39 is 18.3 Å². The van der Waals surface area contributed by atoms with E-state index in [-0.39, 0.29) is 40.8 Å². The van der Waals surface area contributed by atoms with Crippen LogP contribution in [0.3, 0.4) is 0 Å². The Kier molecular flexibility index (Phi) is 8.13. The molecule has 1 aromatic rings. The van der Waals surface area contributed by atoms with Gasteiger partial charge in [-0.1, -0.05) is 39.7 Å². The highest BCUT2D eigenvalue weighted by molar-refractivity contribution is 5.46. The fraction of sp³-hybridized carbons (Fsp3) is 0.758. The molecule has 6 heteroatoms. The second-order valence-corrected chi connectivity index (χ2v) is 13.6. The quantitative estimate of drug-likeness (QED) is 0.337. The molecule has 0 aromatic heterocycles. The molecular weight excluding hydrogens is 495 g/mol. The van der Waals surface area contributed by atoms with Gasteiger partial charge in [-0.3, -0.25) is 0 Å². The molecule has 1 unspecified atom stereocenters. The molecule has 39 heavy (non-hydrogen) atoms. The first-order valence-corrected chi connectivity index (χ1v) is 15.2. The molecular formula is C33H49FO5. The number of hydrogen-bond acceptors (Lipinski definition) is 5. The van der Waals surface area contributed by atoms with Crippen LogP contribution in [0.15, 0.2) is 29.6 Å². The van der Waals surface area contributed by atoms with Crippen molar-refractivity contribution >= 4 is 0 Å². The summed E-state index contributed by atoms with van der Waals surface area (Å²) in [6.45, 7) is 7.01. The van der Waals surface area contributed by atoms with Gasteiger partial charge < -0.3 is 24.8 Å². The zero-order valence-corrected chi connectivity index (χ0v) is 24.5. The first kappa shape index (κ1) is 28.9. The molecule has 0 radical (unpaired) electrons. The van der Waals surface area contributed by atoms with Crippen molar-refractivity contribution in [1.29, 1.82) is 0 Å². The number of aliphatic hydroxyl groups excluding tert-OH is 3. The number of rotatable bonds is 8. The number of hydrogen-bond donors (Lipinski definition) is 3. The van der Waals surface area contributed by atoms with Crippen LogP contribution in [0, 0.1) is 40.4 Å². The summed E-state index contributed by atoms with van der Waals surface area (Å²) in [6.07, 6.45) is 6.33. The van der Waals surface area contributed by atoms with Gasteiger partial charge >= 0.3 is 0 Å². The van der Waals surface area contributed by atoms with Gasteiger partial charge in [0.15, 0.2) is 0 Å². The van der Waals surface area contributed by atoms with Crippen molar-refractivity contribution in [2.45, 2.75) is 103 Å². The molecule has 0 saturated heterocycles. The highest BCUT2D eigenvalue weighted by Gasteiger charge is 2.61. The third kappa shape index (κ3) is 4.72. The molecule has 3 N–H and O–H groups in total. The van der Waals surface area contributed by atoms with Crippen LogP contribution in [0.25, 0.3) is 0 Å². The molecule has 4 aliphatic rings. The van der Waals surface area contributed by atoms with Crippen LogP contribution in [0.5, 0.6) is 11.5 Å². The summed E-state index contributed by atoms with van der Waals surface area (Å²) in [5.41, 5.74) is 1.74. The fourth-order valence-corrected chi connectivity index (χ4v) is 9.74. The largest absolute Gasteiger partial charge is 0.496 e. The zero-order chi connectivity index (χ0) is 28.1. The predicted octanol–water partition coefficient (Wildman–Crippen LogP) is 6.75. The Morgan fingerprint density at radius 3 is 2.26 bits per heavy atom. The van der Waals surface area contributed by atoms with Crippen molar-refractivity contribution in [3.05, 3.63) is 35.2 Å². The number of halogens is 1. The van der Waals surface area contributed by atoms with E-state index in [2.05, 4.69) is 20.8 Å². The summed E-state index contributed by atoms with van der Waals surface area (Å²) < 4.78 is 26.9. The molecule has 4 aliphatic carbocycles. The third-order valence-corrected chi connectivity index (χ3v) is 11.9. The van der Waals surface area contributed by atoms with Gasteiger partial charge in [0.05, 0.1) is 38.1 Å². The van der Waals surface area contributed by atoms with Crippen molar-refractivity contribution in [2.24, 2.45) is 40.4 Å². The van der Waals surface area contributed by atoms with Crippen molar-refractivity contribution in [3.63, 3.8) is 0 Å². The maximum atomic E-state index is 15.9. The average molecular weight is 545 g/mol. The van der Waals surface area contributed by atoms with E-state index in [1.807, 2.05) is 18.2 Å². The van der Waals surface area contributed by atoms with Crippen molar-refractivity contribution < 1.29 is 29.2 Å². The van der Waals surface area contributed by atoms with E-state index in [0.717, 1.165) is 50.5 Å². The van der Waals surface area contributed by atoms with Gasteiger partial charge in [-0.25, -0.2) is 4.39 Å². The van der Waals surface area contributed by atoms with E-state index in [1.54, 1.807) is 14.2 Å². The van der Waals surface area contributed by atoms with Crippen LogP contribution < -0.4 is 9.47 Å². The Labute approximate surface area is 233 Å². The lowest BCUT2D eigenvalue weighted by Crippen LogP contribution is -2.55. The molecule has 0 spiro atoms. The first-order valence-electron chi connectivity index (χ1n) is 15.2. The van der Waals surface area contributed by atoms with Gasteiger partial charge in [-0.2, -0.15) is 0 Å². The predicted molar refractivity (Wildman–Crippen MR) is 150 cm³/mol. The molecule has 0 aliphatic heterocycles. The van der Waals surface area contributed by atoms with Gasteiger partial charge in [-0.15, -0.1) is 0 Å². The van der Waals surface area contributed by atoms with Crippen molar-refractivity contribution in [3.8, 4) is 11.5 Å². The van der Waals surface area contributed by atoms with Gasteiger partial charge in [0, 0.05) is 6.42 Å². The van der Waals surface area contributed by atoms with Crippen LogP contribution in [-0.4, -0.2) is 41.7 Å². The van der Waals surface area contributed by atoms with Crippen LogP contribution in [-0.2, 0) is 0 Å². The molecule has 10 atom stereocenters. The van der Waals surface area contributed by atoms with Gasteiger partial charge in [-0.05, 0) is 103 Å². The lowest BCUT2D eigenvalue weighted by Gasteiger charge is -2.59. The van der Waals surface area contributed by atoms with Crippen LogP contribution in [0.2, 0.25) is 0 Å². The maximum Gasteiger partial charge on any atom is 0.128 e. The zero-order valence-electron chi connectivity index (χ0n) is 24.5. The lowest BCUT2D eigenvalue weighted by atomic mass is 9.47. The highest BCUT2D eigenvalue weighted by Crippen LogP contribution is 2.68. The number of allylic oxidation sites excluding steroid dienone is 2. The van der Waals surface area contributed by atoms with E-state index in [4.69, 9.17) is 9.47 Å². The van der Waals surface area contributed by atoms with E-state index in [9.17, 15) is 15.3 Å². The summed E-state index contributed by atoms with van der Waals surface area (Å²) in [5, 5.41) is 32.1. The van der Waals surface area contributed by atoms with Crippen molar-refractivity contribution in [2.75, 3.05) is 14.2 Å². The molecule has 218 valence electrons. The first-order chi connectivity index (χ1) is 18.6. The van der Waals surface area contributed by atoms with E-state index in [1.165, 1.54) is 0 Å². The summed E-state index contributed by atoms with van der Waals surface area (Å²) in [6, 6.07) is 5.58. The van der Waals surface area contributed by atoms with E-state index >= 15 is 4.39 Å². The monoisotopic (exact) mass is 544 g/mol. The van der Waals surface area contributed by atoms with Gasteiger partial charge in [0.2, 0.25) is 0 Å². The molecule has 5 nitrogen and oxygen atoms in total. The SMILES string of the molecule is COc1cccc(OC)c1C(O)CCC[C@@H](C)[C@H]1CC[C@H]2C3=C(F)C[C@H]4[C@@H](O)[C@@H](O)CC[C@]4(C)[C@H]3CC[C@]12C. The van der Waals surface area contributed by atoms with E-state index in [0.29, 0.717) is 41.7 Å². The Morgan fingerprint density at radius 1 is 0.949 bits per heavy atom. The fourth-order valence-electron chi connectivity index (χ4n) is 9.74. The second kappa shape index (κ2) is 11.0. The van der Waals surface area contributed by atoms with Crippen LogP contribution in [0.4, 0.5) is 4.39 Å². The van der Waals surface area contributed by atoms with Gasteiger partial charge in [0.25, 0.3) is 0 Å². The number of aliphatic hydroxyl groups is 3. The number of fused-ring (bicyclic) bond motifs is 5. The average Bonchev–Trinajstić information content (AvgIpc) is 3.28. The molecule has 0 heterocycles. The minimum absolute atomic E-state index is 0.00808. The summed E-state index contributed by atoms with van der Waals surface area (Å²) in [4.78, 5) is 0. The van der Waals surface area contributed by atoms with Crippen molar-refractivity contribution in [1.82, 2.24) is 0 Å². The Bertz CT molecular complexity index is 1050. The summed E-state index contributed by atoms with van der Waals surface area (Å²) in [7, 11) is 3.23. The molecule has 3 fully saturated rings. The summed E-state index contributed by atoms with van der Waals surface area (Å²) >= 11 is 0. The standard InChI is InChI=1S/C33H49FO5/c1-19(8-6-9-25(35)30-27(38-4)10-7-11-28(30)39-5)20-12-13-21-29-22(14-16-32(20,21)2)33(3)17-15-26(36)31(37)23(33)18-24(29)34/h7,10-11,19-23,25-26,31,35-37H,6,8-9,12-18H2,1-5H3/t19-,20-,21+,22+,23+,25?,26+,31-,32-,33-/m1/s1. The molecule has 0 amide bonds. The second-order valence-electron chi connectivity index (χ2n) is 13.6. The number of ether oxygens (including phenoxy) is 2. The Morgan fingerprint density at radius 2 is 1.59 bits per heavy atom. The normalized spacial score (nSPS) is 39.4. The summed E-state index contributed by atoms with van der Waals surface area (Å²) in [5.74, 6) is 2.59. The maximum absolute atomic E-state index is 15.9. The molecule has 5 rings (SSSR count).